The molecule has 0 radical (unpaired) electrons. The van der Waals surface area contributed by atoms with Crippen molar-refractivity contribution in [2.75, 3.05) is 11.9 Å². The van der Waals surface area contributed by atoms with E-state index in [0.717, 1.165) is 10.2 Å². The van der Waals surface area contributed by atoms with Gasteiger partial charge in [0.2, 0.25) is 11.7 Å². The second-order valence-corrected chi connectivity index (χ2v) is 9.23. The van der Waals surface area contributed by atoms with Crippen LogP contribution in [0.4, 0.5) is 5.69 Å². The SMILES string of the molecule is CCCn1c(=O)c2ccc(C(=O)NCC(C)C)cc2n2c(=O)n(CC(=O)Nc3ccccc3C)nc12. The smallest absolute Gasteiger partial charge is 0.352 e. The van der Waals surface area contributed by atoms with E-state index >= 15 is 0 Å². The lowest BCUT2D eigenvalue weighted by molar-refractivity contribution is -0.117. The third-order valence-electron chi connectivity index (χ3n) is 5.87. The van der Waals surface area contributed by atoms with Crippen LogP contribution in [0.15, 0.2) is 52.1 Å². The summed E-state index contributed by atoms with van der Waals surface area (Å²) < 4.78 is 3.77. The van der Waals surface area contributed by atoms with Gasteiger partial charge in [0.15, 0.2) is 0 Å². The highest BCUT2D eigenvalue weighted by Gasteiger charge is 2.20. The van der Waals surface area contributed by atoms with Crippen LogP contribution in [0.5, 0.6) is 0 Å². The van der Waals surface area contributed by atoms with E-state index < -0.39 is 11.6 Å². The van der Waals surface area contributed by atoms with Crippen LogP contribution in [0, 0.1) is 12.8 Å². The molecule has 2 aromatic heterocycles. The van der Waals surface area contributed by atoms with Gasteiger partial charge in [-0.1, -0.05) is 39.0 Å². The summed E-state index contributed by atoms with van der Waals surface area (Å²) in [7, 11) is 0. The predicted molar refractivity (Wildman–Crippen MR) is 138 cm³/mol. The number of para-hydroxylation sites is 1. The van der Waals surface area contributed by atoms with Crippen molar-refractivity contribution in [3.63, 3.8) is 0 Å². The minimum absolute atomic E-state index is 0.128. The first kappa shape index (κ1) is 24.9. The molecule has 0 spiro atoms. The maximum Gasteiger partial charge on any atom is 0.352 e. The van der Waals surface area contributed by atoms with Crippen LogP contribution in [0.1, 0.15) is 43.1 Å². The summed E-state index contributed by atoms with van der Waals surface area (Å²) in [5, 5.41) is 10.3. The Morgan fingerprint density at radius 3 is 2.53 bits per heavy atom. The van der Waals surface area contributed by atoms with Gasteiger partial charge in [-0.15, -0.1) is 5.10 Å². The van der Waals surface area contributed by atoms with E-state index in [1.54, 1.807) is 18.2 Å². The van der Waals surface area contributed by atoms with Crippen LogP contribution in [-0.2, 0) is 17.9 Å². The van der Waals surface area contributed by atoms with E-state index in [9.17, 15) is 19.2 Å². The fourth-order valence-electron chi connectivity index (χ4n) is 4.02. The quantitative estimate of drug-likeness (QED) is 0.393. The second-order valence-electron chi connectivity index (χ2n) is 9.23. The molecule has 0 atom stereocenters. The molecule has 0 aliphatic carbocycles. The number of aromatic nitrogens is 4. The molecule has 2 N–H and O–H groups in total. The normalized spacial score (nSPS) is 11.4. The average molecular weight is 491 g/mol. The molecule has 36 heavy (non-hydrogen) atoms. The Morgan fingerprint density at radius 1 is 1.08 bits per heavy atom. The molecule has 4 rings (SSSR count). The number of carbonyl (C=O) groups excluding carboxylic acids is 2. The van der Waals surface area contributed by atoms with Crippen LogP contribution in [0.25, 0.3) is 16.7 Å². The highest BCUT2D eigenvalue weighted by molar-refractivity contribution is 5.98. The molecule has 0 aliphatic rings. The summed E-state index contributed by atoms with van der Waals surface area (Å²) in [5.41, 5.74) is 1.25. The molecule has 188 valence electrons. The molecule has 2 heterocycles. The Hall–Kier alpha value is -4.21. The molecule has 2 amide bonds. The molecular formula is C26H30N6O4. The Bertz CT molecular complexity index is 1580. The van der Waals surface area contributed by atoms with Crippen LogP contribution in [0.2, 0.25) is 0 Å². The standard InChI is InChI=1S/C26H30N6O4/c1-5-12-30-24(35)19-11-10-18(23(34)27-14-16(2)3)13-21(19)32-25(30)29-31(26(32)36)15-22(33)28-20-9-7-6-8-17(20)4/h6-11,13,16H,5,12,14-15H2,1-4H3,(H,27,34)(H,28,33). The number of rotatable bonds is 8. The van der Waals surface area contributed by atoms with Crippen molar-refractivity contribution < 1.29 is 9.59 Å². The minimum atomic E-state index is -0.570. The van der Waals surface area contributed by atoms with Crippen LogP contribution < -0.4 is 21.9 Å². The Balaban J connectivity index is 1.81. The maximum atomic E-state index is 13.4. The van der Waals surface area contributed by atoms with Crippen molar-refractivity contribution in [1.82, 2.24) is 24.1 Å². The van der Waals surface area contributed by atoms with Crippen LogP contribution >= 0.6 is 0 Å². The molecule has 0 fully saturated rings. The van der Waals surface area contributed by atoms with E-state index in [0.29, 0.717) is 36.1 Å². The molecule has 0 saturated carbocycles. The minimum Gasteiger partial charge on any atom is -0.352 e. The molecule has 4 aromatic rings. The van der Waals surface area contributed by atoms with Gasteiger partial charge in [0.1, 0.15) is 6.54 Å². The van der Waals surface area contributed by atoms with Crippen molar-refractivity contribution in [2.24, 2.45) is 5.92 Å². The topological polar surface area (TPSA) is 120 Å². The summed E-state index contributed by atoms with van der Waals surface area (Å²) in [6.45, 7) is 8.29. The zero-order valence-corrected chi connectivity index (χ0v) is 20.9. The molecule has 0 unspecified atom stereocenters. The number of hydrogen-bond donors (Lipinski definition) is 2. The monoisotopic (exact) mass is 490 g/mol. The number of carbonyl (C=O) groups is 2. The van der Waals surface area contributed by atoms with Crippen LogP contribution in [0.3, 0.4) is 0 Å². The van der Waals surface area contributed by atoms with Crippen LogP contribution in [-0.4, -0.2) is 37.1 Å². The summed E-state index contributed by atoms with van der Waals surface area (Å²) in [6.07, 6.45) is 0.644. The maximum absolute atomic E-state index is 13.4. The zero-order chi connectivity index (χ0) is 26.0. The number of nitrogens with one attached hydrogen (secondary N) is 2. The Labute approximate surface area is 207 Å². The first-order valence-electron chi connectivity index (χ1n) is 12.0. The van der Waals surface area contributed by atoms with Crippen molar-refractivity contribution in [3.8, 4) is 0 Å². The Morgan fingerprint density at radius 2 is 1.83 bits per heavy atom. The second kappa shape index (κ2) is 10.2. The number of fused-ring (bicyclic) bond motifs is 3. The van der Waals surface area contributed by atoms with Gasteiger partial charge in [0.05, 0.1) is 10.9 Å². The van der Waals surface area contributed by atoms with E-state index in [4.69, 9.17) is 0 Å². The van der Waals surface area contributed by atoms with Gasteiger partial charge >= 0.3 is 5.69 Å². The zero-order valence-electron chi connectivity index (χ0n) is 20.9. The van der Waals surface area contributed by atoms with Gasteiger partial charge in [0.25, 0.3) is 11.5 Å². The molecule has 10 nitrogen and oxygen atoms in total. The van der Waals surface area contributed by atoms with Gasteiger partial charge in [-0.25, -0.2) is 13.9 Å². The van der Waals surface area contributed by atoms with Gasteiger partial charge in [0, 0.05) is 24.3 Å². The largest absolute Gasteiger partial charge is 0.352 e. The lowest BCUT2D eigenvalue weighted by Gasteiger charge is -2.11. The van der Waals surface area contributed by atoms with E-state index in [1.807, 2.05) is 45.9 Å². The van der Waals surface area contributed by atoms with Crippen molar-refractivity contribution in [1.29, 1.82) is 0 Å². The highest BCUT2D eigenvalue weighted by atomic mass is 16.2. The molecule has 0 bridgehead atoms. The third kappa shape index (κ3) is 4.79. The fraction of sp³-hybridized carbons (Fsp3) is 0.346. The molecule has 10 heteroatoms. The predicted octanol–water partition coefficient (Wildman–Crippen LogP) is 2.55. The van der Waals surface area contributed by atoms with E-state index in [1.165, 1.54) is 15.0 Å². The first-order valence-corrected chi connectivity index (χ1v) is 12.0. The summed E-state index contributed by atoms with van der Waals surface area (Å²) >= 11 is 0. The average Bonchev–Trinajstić information content (AvgIpc) is 3.16. The number of amides is 2. The Kier molecular flexibility index (Phi) is 7.05. The summed E-state index contributed by atoms with van der Waals surface area (Å²) in [6, 6.07) is 12.0. The first-order chi connectivity index (χ1) is 17.2. The van der Waals surface area contributed by atoms with Gasteiger partial charge in [-0.2, -0.15) is 0 Å². The number of anilines is 1. The van der Waals surface area contributed by atoms with Crippen molar-refractivity contribution >= 4 is 34.2 Å². The van der Waals surface area contributed by atoms with Gasteiger partial charge < -0.3 is 10.6 Å². The molecule has 0 aliphatic heterocycles. The highest BCUT2D eigenvalue weighted by Crippen LogP contribution is 2.16. The molecular weight excluding hydrogens is 460 g/mol. The van der Waals surface area contributed by atoms with Crippen molar-refractivity contribution in [3.05, 3.63) is 74.4 Å². The summed E-state index contributed by atoms with van der Waals surface area (Å²) in [4.78, 5) is 52.1. The lowest BCUT2D eigenvalue weighted by atomic mass is 10.1. The number of nitrogens with zero attached hydrogens (tertiary/aromatic N) is 4. The van der Waals surface area contributed by atoms with E-state index in [-0.39, 0.29) is 35.2 Å². The van der Waals surface area contributed by atoms with Gasteiger partial charge in [-0.3, -0.25) is 19.0 Å². The molecule has 2 aromatic carbocycles. The van der Waals surface area contributed by atoms with E-state index in [2.05, 4.69) is 15.7 Å². The number of aryl methyl sites for hydroxylation is 2. The van der Waals surface area contributed by atoms with Gasteiger partial charge in [-0.05, 0) is 49.1 Å². The fourth-order valence-corrected chi connectivity index (χ4v) is 4.02. The number of benzene rings is 2. The van der Waals surface area contributed by atoms with Crippen molar-refractivity contribution in [2.45, 2.75) is 47.2 Å². The lowest BCUT2D eigenvalue weighted by Crippen LogP contribution is -2.30. The molecule has 0 saturated heterocycles. The number of hydrogen-bond acceptors (Lipinski definition) is 5. The summed E-state index contributed by atoms with van der Waals surface area (Å²) in [5.74, 6) is -0.316. The third-order valence-corrected chi connectivity index (χ3v) is 5.87.